The van der Waals surface area contributed by atoms with Crippen LogP contribution in [-0.4, -0.2) is 48.0 Å². The van der Waals surface area contributed by atoms with Crippen LogP contribution < -0.4 is 10.2 Å². The van der Waals surface area contributed by atoms with Crippen LogP contribution in [0.15, 0.2) is 0 Å². The number of anilines is 1. The molecule has 3 heterocycles. The summed E-state index contributed by atoms with van der Waals surface area (Å²) in [5.41, 5.74) is 0. The van der Waals surface area contributed by atoms with Gasteiger partial charge in [0.05, 0.1) is 0 Å². The van der Waals surface area contributed by atoms with Gasteiger partial charge >= 0.3 is 0 Å². The highest BCUT2D eigenvalue weighted by atomic mass is 16.5. The Labute approximate surface area is 113 Å². The van der Waals surface area contributed by atoms with Gasteiger partial charge in [-0.25, -0.2) is 0 Å². The normalized spacial score (nSPS) is 29.1. The Kier molecular flexibility index (Phi) is 3.70. The number of hydrogen-bond acceptors (Lipinski definition) is 5. The molecular weight excluding hydrogens is 242 g/mol. The van der Waals surface area contributed by atoms with Crippen LogP contribution in [0, 0.1) is 5.92 Å². The molecule has 2 fully saturated rings. The number of rotatable bonds is 3. The van der Waals surface area contributed by atoms with E-state index >= 15 is 0 Å². The maximum Gasteiger partial charge on any atom is 0.244 e. The summed E-state index contributed by atoms with van der Waals surface area (Å²) >= 11 is 0. The molecule has 2 aliphatic heterocycles. The number of nitrogens with zero attached hydrogens (tertiary/aromatic N) is 3. The molecule has 0 aromatic carbocycles. The molecule has 6 heteroatoms. The van der Waals surface area contributed by atoms with Crippen molar-refractivity contribution in [1.82, 2.24) is 20.5 Å². The maximum absolute atomic E-state index is 5.72. The first-order valence-electron chi connectivity index (χ1n) is 7.24. The molecule has 106 valence electrons. The van der Waals surface area contributed by atoms with Crippen molar-refractivity contribution in [2.24, 2.45) is 5.92 Å². The van der Waals surface area contributed by atoms with Crippen molar-refractivity contribution in [3.63, 3.8) is 0 Å². The summed E-state index contributed by atoms with van der Waals surface area (Å²) in [5, 5.41) is 10.8. The Morgan fingerprint density at radius 3 is 2.74 bits per heavy atom. The molecule has 0 bridgehead atoms. The van der Waals surface area contributed by atoms with E-state index < -0.39 is 0 Å². The van der Waals surface area contributed by atoms with E-state index in [2.05, 4.69) is 32.3 Å². The zero-order valence-electron chi connectivity index (χ0n) is 11.7. The molecule has 1 aromatic rings. The number of H-pyrrole nitrogens is 1. The molecule has 6 nitrogen and oxygen atoms in total. The lowest BCUT2D eigenvalue weighted by atomic mass is 10.0. The minimum absolute atomic E-state index is 0.0936. The second-order valence-corrected chi connectivity index (χ2v) is 5.63. The van der Waals surface area contributed by atoms with Crippen molar-refractivity contribution in [3.05, 3.63) is 5.82 Å². The summed E-state index contributed by atoms with van der Waals surface area (Å²) < 4.78 is 5.72. The van der Waals surface area contributed by atoms with Gasteiger partial charge in [0.2, 0.25) is 5.95 Å². The molecule has 0 spiro atoms. The van der Waals surface area contributed by atoms with Crippen molar-refractivity contribution in [2.75, 3.05) is 31.6 Å². The zero-order valence-corrected chi connectivity index (χ0v) is 11.7. The fourth-order valence-electron chi connectivity index (χ4n) is 2.95. The van der Waals surface area contributed by atoms with Gasteiger partial charge in [0.25, 0.3) is 0 Å². The molecule has 2 atom stereocenters. The summed E-state index contributed by atoms with van der Waals surface area (Å²) in [7, 11) is 2.03. The number of hydrogen-bond donors (Lipinski definition) is 2. The molecular formula is C13H23N5O. The predicted octanol–water partition coefficient (Wildman–Crippen LogP) is 1.09. The first-order valence-corrected chi connectivity index (χ1v) is 7.24. The van der Waals surface area contributed by atoms with Crippen molar-refractivity contribution in [3.8, 4) is 0 Å². The van der Waals surface area contributed by atoms with Crippen molar-refractivity contribution in [1.29, 1.82) is 0 Å². The Morgan fingerprint density at radius 1 is 1.32 bits per heavy atom. The Balaban J connectivity index is 1.65. The summed E-state index contributed by atoms with van der Waals surface area (Å²) in [6.45, 7) is 5.07. The van der Waals surface area contributed by atoms with Gasteiger partial charge in [0.15, 0.2) is 5.82 Å². The lowest BCUT2D eigenvalue weighted by molar-refractivity contribution is 0.0876. The molecule has 3 rings (SSSR count). The van der Waals surface area contributed by atoms with E-state index in [9.17, 15) is 0 Å². The molecule has 0 aliphatic carbocycles. The number of piperidine rings is 1. The van der Waals surface area contributed by atoms with E-state index in [1.54, 1.807) is 0 Å². The first-order chi connectivity index (χ1) is 9.28. The third-order valence-corrected chi connectivity index (χ3v) is 4.33. The lowest BCUT2D eigenvalue weighted by Gasteiger charge is -2.30. The van der Waals surface area contributed by atoms with Crippen molar-refractivity contribution >= 4 is 5.95 Å². The van der Waals surface area contributed by atoms with Crippen LogP contribution in [0.2, 0.25) is 0 Å². The Hall–Kier alpha value is -1.14. The maximum atomic E-state index is 5.72. The average molecular weight is 265 g/mol. The Morgan fingerprint density at radius 2 is 2.11 bits per heavy atom. The summed E-state index contributed by atoms with van der Waals surface area (Å²) in [6, 6.07) is 0.632. The van der Waals surface area contributed by atoms with Crippen LogP contribution in [0.25, 0.3) is 0 Å². The van der Waals surface area contributed by atoms with E-state index in [0.29, 0.717) is 12.0 Å². The van der Waals surface area contributed by atoms with Gasteiger partial charge in [-0.15, -0.1) is 5.10 Å². The molecule has 0 radical (unpaired) electrons. The monoisotopic (exact) mass is 265 g/mol. The van der Waals surface area contributed by atoms with Crippen LogP contribution in [0.4, 0.5) is 5.95 Å². The van der Waals surface area contributed by atoms with E-state index in [1.165, 1.54) is 0 Å². The number of ether oxygens (including phenoxy) is 1. The van der Waals surface area contributed by atoms with Crippen LogP contribution in [-0.2, 0) is 4.74 Å². The minimum atomic E-state index is 0.0936. The lowest BCUT2D eigenvalue weighted by Crippen LogP contribution is -2.41. The van der Waals surface area contributed by atoms with E-state index in [0.717, 1.165) is 50.7 Å². The predicted molar refractivity (Wildman–Crippen MR) is 73.2 cm³/mol. The van der Waals surface area contributed by atoms with Crippen LogP contribution in [0.1, 0.15) is 38.1 Å². The average Bonchev–Trinajstić information content (AvgIpc) is 3.07. The first kappa shape index (κ1) is 12.9. The van der Waals surface area contributed by atoms with Gasteiger partial charge in [0.1, 0.15) is 6.10 Å². The van der Waals surface area contributed by atoms with E-state index in [-0.39, 0.29) is 6.10 Å². The van der Waals surface area contributed by atoms with Crippen molar-refractivity contribution < 1.29 is 4.74 Å². The second kappa shape index (κ2) is 5.46. The quantitative estimate of drug-likeness (QED) is 0.856. The summed E-state index contributed by atoms with van der Waals surface area (Å²) in [4.78, 5) is 6.89. The van der Waals surface area contributed by atoms with Crippen LogP contribution in [0.5, 0.6) is 0 Å². The van der Waals surface area contributed by atoms with E-state index in [4.69, 9.17) is 4.74 Å². The third-order valence-electron chi connectivity index (χ3n) is 4.33. The molecule has 2 saturated heterocycles. The topological polar surface area (TPSA) is 66.1 Å². The molecule has 2 N–H and O–H groups in total. The van der Waals surface area contributed by atoms with E-state index in [1.807, 2.05) is 7.05 Å². The third kappa shape index (κ3) is 2.60. The van der Waals surface area contributed by atoms with Gasteiger partial charge in [-0.3, -0.25) is 5.10 Å². The molecule has 0 saturated carbocycles. The zero-order chi connectivity index (χ0) is 13.2. The number of aromatic nitrogens is 3. The highest BCUT2D eigenvalue weighted by Gasteiger charge is 2.30. The molecule has 2 unspecified atom stereocenters. The van der Waals surface area contributed by atoms with Crippen LogP contribution in [0.3, 0.4) is 0 Å². The fraction of sp³-hybridized carbons (Fsp3) is 0.846. The minimum Gasteiger partial charge on any atom is -0.370 e. The standard InChI is InChI=1S/C13H23N5O/c1-9-5-8-19-11(9)12-15-13(17-16-12)18-6-3-10(14-2)4-7-18/h9-11,14H,3-8H2,1-2H3,(H,15,16,17). The van der Waals surface area contributed by atoms with Crippen molar-refractivity contribution in [2.45, 2.75) is 38.3 Å². The smallest absolute Gasteiger partial charge is 0.244 e. The van der Waals surface area contributed by atoms with Gasteiger partial charge in [-0.2, -0.15) is 4.98 Å². The number of aromatic amines is 1. The Bertz CT molecular complexity index is 413. The van der Waals surface area contributed by atoms with Gasteiger partial charge < -0.3 is 15.0 Å². The van der Waals surface area contributed by atoms with Crippen LogP contribution >= 0.6 is 0 Å². The molecule has 19 heavy (non-hydrogen) atoms. The summed E-state index contributed by atoms with van der Waals surface area (Å²) in [6.07, 6.45) is 3.50. The van der Waals surface area contributed by atoms with Gasteiger partial charge in [-0.05, 0) is 32.2 Å². The molecule has 0 amide bonds. The highest BCUT2D eigenvalue weighted by Crippen LogP contribution is 2.32. The highest BCUT2D eigenvalue weighted by molar-refractivity contribution is 5.30. The second-order valence-electron chi connectivity index (χ2n) is 5.63. The van der Waals surface area contributed by atoms with Gasteiger partial charge in [0, 0.05) is 25.7 Å². The van der Waals surface area contributed by atoms with Gasteiger partial charge in [-0.1, -0.05) is 6.92 Å². The molecule has 2 aliphatic rings. The summed E-state index contributed by atoms with van der Waals surface area (Å²) in [5.74, 6) is 2.24. The largest absolute Gasteiger partial charge is 0.370 e. The number of nitrogens with one attached hydrogen (secondary N) is 2. The SMILES string of the molecule is CNC1CCN(c2n[nH]c(C3OCCC3C)n2)CC1. The molecule has 1 aromatic heterocycles. The fourth-order valence-corrected chi connectivity index (χ4v) is 2.95.